The number of para-hydroxylation sites is 1. The van der Waals surface area contributed by atoms with Crippen LogP contribution in [0.25, 0.3) is 0 Å². The Labute approximate surface area is 101 Å². The fraction of sp³-hybridized carbons (Fsp3) is 0.500. The zero-order valence-electron chi connectivity index (χ0n) is 9.89. The number of benzene rings is 1. The molecule has 1 amide bonds. The Hall–Kier alpha value is -1.51. The van der Waals surface area contributed by atoms with Crippen LogP contribution in [0.4, 0.5) is 0 Å². The molecule has 0 atom stereocenters. The van der Waals surface area contributed by atoms with Gasteiger partial charge >= 0.3 is 0 Å². The van der Waals surface area contributed by atoms with Crippen molar-refractivity contribution in [3.63, 3.8) is 0 Å². The smallest absolute Gasteiger partial charge is 0.261 e. The summed E-state index contributed by atoms with van der Waals surface area (Å²) >= 11 is 0. The zero-order valence-corrected chi connectivity index (χ0v) is 9.89. The molecule has 1 saturated carbocycles. The SMILES string of the molecule is O=C1COc2ccccc2CN1C1CCCC1. The quantitative estimate of drug-likeness (QED) is 0.742. The van der Waals surface area contributed by atoms with Crippen LogP contribution in [-0.4, -0.2) is 23.5 Å². The highest BCUT2D eigenvalue weighted by Gasteiger charge is 2.29. The summed E-state index contributed by atoms with van der Waals surface area (Å²) in [5.74, 6) is 0.995. The molecule has 1 heterocycles. The molecule has 17 heavy (non-hydrogen) atoms. The lowest BCUT2D eigenvalue weighted by Gasteiger charge is -2.26. The Morgan fingerprint density at radius 2 is 1.94 bits per heavy atom. The standard InChI is InChI=1S/C14H17NO2/c16-14-10-17-13-8-4-1-5-11(13)9-15(14)12-6-2-3-7-12/h1,4-5,8,12H,2-3,6-7,9-10H2. The molecule has 0 spiro atoms. The molecule has 0 bridgehead atoms. The molecule has 0 N–H and O–H groups in total. The van der Waals surface area contributed by atoms with Crippen LogP contribution in [0.2, 0.25) is 0 Å². The normalized spacial score (nSPS) is 20.9. The van der Waals surface area contributed by atoms with Crippen LogP contribution >= 0.6 is 0 Å². The second-order valence-electron chi connectivity index (χ2n) is 4.86. The lowest BCUT2D eigenvalue weighted by molar-refractivity contribution is -0.135. The summed E-state index contributed by atoms with van der Waals surface area (Å²) < 4.78 is 5.56. The average Bonchev–Trinajstić information content (AvgIpc) is 2.82. The van der Waals surface area contributed by atoms with Gasteiger partial charge in [-0.05, 0) is 18.9 Å². The van der Waals surface area contributed by atoms with Crippen molar-refractivity contribution in [2.45, 2.75) is 38.3 Å². The van der Waals surface area contributed by atoms with Crippen LogP contribution in [0.15, 0.2) is 24.3 Å². The van der Waals surface area contributed by atoms with Crippen molar-refractivity contribution in [1.82, 2.24) is 4.90 Å². The topological polar surface area (TPSA) is 29.5 Å². The molecule has 90 valence electrons. The largest absolute Gasteiger partial charge is 0.483 e. The fourth-order valence-electron chi connectivity index (χ4n) is 2.82. The average molecular weight is 231 g/mol. The third-order valence-corrected chi connectivity index (χ3v) is 3.75. The summed E-state index contributed by atoms with van der Waals surface area (Å²) in [5, 5.41) is 0. The molecule has 0 aromatic heterocycles. The molecule has 3 heteroatoms. The first-order chi connectivity index (χ1) is 8.34. The van der Waals surface area contributed by atoms with Crippen LogP contribution < -0.4 is 4.74 Å². The van der Waals surface area contributed by atoms with Crippen molar-refractivity contribution < 1.29 is 9.53 Å². The number of amides is 1. The van der Waals surface area contributed by atoms with Crippen molar-refractivity contribution in [2.75, 3.05) is 6.61 Å². The highest BCUT2D eigenvalue weighted by molar-refractivity contribution is 5.79. The molecular weight excluding hydrogens is 214 g/mol. The summed E-state index contributed by atoms with van der Waals surface area (Å²) in [7, 11) is 0. The van der Waals surface area contributed by atoms with Crippen molar-refractivity contribution in [2.24, 2.45) is 0 Å². The molecule has 1 fully saturated rings. The van der Waals surface area contributed by atoms with Gasteiger partial charge in [-0.2, -0.15) is 0 Å². The van der Waals surface area contributed by atoms with E-state index in [1.54, 1.807) is 0 Å². The van der Waals surface area contributed by atoms with Gasteiger partial charge in [-0.15, -0.1) is 0 Å². The summed E-state index contributed by atoms with van der Waals surface area (Å²) in [6, 6.07) is 8.38. The monoisotopic (exact) mass is 231 g/mol. The predicted octanol–water partition coefficient (Wildman–Crippen LogP) is 2.35. The zero-order chi connectivity index (χ0) is 11.7. The van der Waals surface area contributed by atoms with Crippen molar-refractivity contribution in [3.05, 3.63) is 29.8 Å². The van der Waals surface area contributed by atoms with Crippen LogP contribution in [0, 0.1) is 0 Å². The predicted molar refractivity (Wildman–Crippen MR) is 64.7 cm³/mol. The van der Waals surface area contributed by atoms with Crippen molar-refractivity contribution >= 4 is 5.91 Å². The van der Waals surface area contributed by atoms with Gasteiger partial charge in [0.2, 0.25) is 0 Å². The Balaban J connectivity index is 1.87. The van der Waals surface area contributed by atoms with Gasteiger partial charge in [0.05, 0.1) is 0 Å². The Morgan fingerprint density at radius 3 is 2.76 bits per heavy atom. The minimum absolute atomic E-state index is 0.133. The van der Waals surface area contributed by atoms with Gasteiger partial charge in [0.25, 0.3) is 5.91 Å². The number of hydrogen-bond donors (Lipinski definition) is 0. The number of fused-ring (bicyclic) bond motifs is 1. The van der Waals surface area contributed by atoms with E-state index in [1.165, 1.54) is 12.8 Å². The molecule has 1 aromatic carbocycles. The van der Waals surface area contributed by atoms with E-state index in [1.807, 2.05) is 23.1 Å². The van der Waals surface area contributed by atoms with Crippen LogP contribution in [0.5, 0.6) is 5.75 Å². The van der Waals surface area contributed by atoms with Gasteiger partial charge in [0.1, 0.15) is 5.75 Å². The van der Waals surface area contributed by atoms with E-state index in [4.69, 9.17) is 4.74 Å². The van der Waals surface area contributed by atoms with Gasteiger partial charge in [-0.25, -0.2) is 0 Å². The molecule has 2 aliphatic rings. The maximum absolute atomic E-state index is 12.1. The number of nitrogens with zero attached hydrogens (tertiary/aromatic N) is 1. The molecular formula is C14H17NO2. The minimum Gasteiger partial charge on any atom is -0.483 e. The Kier molecular flexibility index (Phi) is 2.75. The molecule has 0 saturated heterocycles. The number of ether oxygens (including phenoxy) is 1. The van der Waals surface area contributed by atoms with Gasteiger partial charge in [0, 0.05) is 18.2 Å². The number of hydrogen-bond acceptors (Lipinski definition) is 2. The van der Waals surface area contributed by atoms with E-state index < -0.39 is 0 Å². The van der Waals surface area contributed by atoms with Gasteiger partial charge in [-0.1, -0.05) is 31.0 Å². The maximum Gasteiger partial charge on any atom is 0.261 e. The highest BCUT2D eigenvalue weighted by Crippen LogP contribution is 2.29. The highest BCUT2D eigenvalue weighted by atomic mass is 16.5. The second-order valence-corrected chi connectivity index (χ2v) is 4.86. The second kappa shape index (κ2) is 4.40. The first kappa shape index (κ1) is 10.6. The molecule has 3 rings (SSSR count). The first-order valence-corrected chi connectivity index (χ1v) is 6.35. The van der Waals surface area contributed by atoms with Gasteiger partial charge < -0.3 is 9.64 Å². The summed E-state index contributed by atoms with van der Waals surface area (Å²) in [5.41, 5.74) is 1.13. The number of carbonyl (C=O) groups is 1. The minimum atomic E-state index is 0.133. The van der Waals surface area contributed by atoms with Crippen molar-refractivity contribution in [3.8, 4) is 5.75 Å². The van der Waals surface area contributed by atoms with E-state index in [0.29, 0.717) is 12.6 Å². The summed E-state index contributed by atoms with van der Waals surface area (Å²) in [6.07, 6.45) is 4.79. The number of rotatable bonds is 1. The molecule has 1 aliphatic carbocycles. The molecule has 1 aromatic rings. The van der Waals surface area contributed by atoms with Crippen LogP contribution in [0.1, 0.15) is 31.2 Å². The number of carbonyl (C=O) groups excluding carboxylic acids is 1. The third-order valence-electron chi connectivity index (χ3n) is 3.75. The molecule has 0 unspecified atom stereocenters. The van der Waals surface area contributed by atoms with E-state index in [-0.39, 0.29) is 12.5 Å². The van der Waals surface area contributed by atoms with Crippen molar-refractivity contribution in [1.29, 1.82) is 0 Å². The van der Waals surface area contributed by atoms with Gasteiger partial charge in [0.15, 0.2) is 6.61 Å². The summed E-state index contributed by atoms with van der Waals surface area (Å²) in [6.45, 7) is 0.896. The van der Waals surface area contributed by atoms with E-state index in [2.05, 4.69) is 6.07 Å². The lowest BCUT2D eigenvalue weighted by atomic mass is 10.1. The van der Waals surface area contributed by atoms with E-state index >= 15 is 0 Å². The van der Waals surface area contributed by atoms with Gasteiger partial charge in [-0.3, -0.25) is 4.79 Å². The summed E-state index contributed by atoms with van der Waals surface area (Å²) in [4.78, 5) is 14.1. The van der Waals surface area contributed by atoms with Crippen LogP contribution in [-0.2, 0) is 11.3 Å². The van der Waals surface area contributed by atoms with Crippen LogP contribution in [0.3, 0.4) is 0 Å². The molecule has 1 aliphatic heterocycles. The maximum atomic E-state index is 12.1. The van der Waals surface area contributed by atoms with E-state index in [9.17, 15) is 4.79 Å². The third kappa shape index (κ3) is 2.02. The molecule has 0 radical (unpaired) electrons. The Bertz CT molecular complexity index is 424. The molecule has 3 nitrogen and oxygen atoms in total. The fourth-order valence-corrected chi connectivity index (χ4v) is 2.82. The lowest BCUT2D eigenvalue weighted by Crippen LogP contribution is -2.39. The first-order valence-electron chi connectivity index (χ1n) is 6.35. The van der Waals surface area contributed by atoms with E-state index in [0.717, 1.165) is 24.2 Å². The Morgan fingerprint density at radius 1 is 1.18 bits per heavy atom.